The van der Waals surface area contributed by atoms with Gasteiger partial charge in [0, 0.05) is 17.1 Å². The van der Waals surface area contributed by atoms with Crippen molar-refractivity contribution in [2.24, 2.45) is 5.92 Å². The second-order valence-corrected chi connectivity index (χ2v) is 6.51. The van der Waals surface area contributed by atoms with E-state index in [1.54, 1.807) is 0 Å². The number of fused-ring (bicyclic) bond motifs is 1. The van der Waals surface area contributed by atoms with Crippen LogP contribution in [0, 0.1) is 5.92 Å². The first-order valence-electron chi connectivity index (χ1n) is 8.53. The van der Waals surface area contributed by atoms with Gasteiger partial charge in [-0.2, -0.15) is 0 Å². The van der Waals surface area contributed by atoms with E-state index in [1.807, 2.05) is 12.3 Å². The van der Waals surface area contributed by atoms with Crippen molar-refractivity contribution in [1.29, 1.82) is 0 Å². The van der Waals surface area contributed by atoms with Crippen LogP contribution < -0.4 is 5.32 Å². The van der Waals surface area contributed by atoms with Crippen molar-refractivity contribution in [2.45, 2.75) is 19.3 Å². The quantitative estimate of drug-likeness (QED) is 0.673. The molecule has 1 N–H and O–H groups in total. The third-order valence-corrected chi connectivity index (χ3v) is 4.86. The molecule has 4 heteroatoms. The van der Waals surface area contributed by atoms with Crippen LogP contribution in [-0.4, -0.2) is 18.1 Å². The number of benzene rings is 2. The Morgan fingerprint density at radius 1 is 0.880 bits per heavy atom. The van der Waals surface area contributed by atoms with Crippen molar-refractivity contribution in [1.82, 2.24) is 10.3 Å². The molecule has 0 unspecified atom stereocenters. The van der Waals surface area contributed by atoms with Gasteiger partial charge in [-0.05, 0) is 61.5 Å². The molecule has 0 radical (unpaired) electrons. The molecule has 4 rings (SSSR count). The highest BCUT2D eigenvalue weighted by Gasteiger charge is 2.13. The van der Waals surface area contributed by atoms with E-state index < -0.39 is 0 Å². The molecule has 2 aromatic carbocycles. The molecule has 1 aliphatic heterocycles. The van der Waals surface area contributed by atoms with Gasteiger partial charge in [-0.1, -0.05) is 42.5 Å². The van der Waals surface area contributed by atoms with E-state index in [2.05, 4.69) is 58.8 Å². The van der Waals surface area contributed by atoms with E-state index in [0.717, 1.165) is 11.4 Å². The van der Waals surface area contributed by atoms with Gasteiger partial charge >= 0.3 is 0 Å². The monoisotopic (exact) mass is 374 g/mol. The Bertz CT molecular complexity index is 796. The zero-order chi connectivity index (χ0) is 15.5. The minimum absolute atomic E-state index is 0. The van der Waals surface area contributed by atoms with Crippen LogP contribution in [0.2, 0.25) is 0 Å². The van der Waals surface area contributed by atoms with Gasteiger partial charge in [-0.25, -0.2) is 0 Å². The van der Waals surface area contributed by atoms with Crippen LogP contribution in [0.4, 0.5) is 0 Å². The Labute approximate surface area is 161 Å². The maximum atomic E-state index is 4.57. The first-order valence-corrected chi connectivity index (χ1v) is 8.53. The number of pyridine rings is 1. The lowest BCUT2D eigenvalue weighted by Crippen LogP contribution is -2.28. The smallest absolute Gasteiger partial charge is 0.0702 e. The highest BCUT2D eigenvalue weighted by molar-refractivity contribution is 5.85. The van der Waals surface area contributed by atoms with E-state index in [9.17, 15) is 0 Å². The fourth-order valence-corrected chi connectivity index (χ4v) is 3.48. The van der Waals surface area contributed by atoms with Gasteiger partial charge in [0.15, 0.2) is 0 Å². The first kappa shape index (κ1) is 19.7. The molecule has 2 heterocycles. The van der Waals surface area contributed by atoms with Gasteiger partial charge < -0.3 is 5.32 Å². The molecule has 132 valence electrons. The predicted molar refractivity (Wildman–Crippen MR) is 111 cm³/mol. The molecule has 1 aromatic heterocycles. The number of nitrogens with one attached hydrogen (secondary N) is 1. The minimum atomic E-state index is 0. The summed E-state index contributed by atoms with van der Waals surface area (Å²) < 4.78 is 0. The Morgan fingerprint density at radius 2 is 1.60 bits per heavy atom. The molecular weight excluding hydrogens is 351 g/mol. The van der Waals surface area contributed by atoms with Gasteiger partial charge in [-0.3, -0.25) is 4.98 Å². The van der Waals surface area contributed by atoms with Crippen LogP contribution in [0.3, 0.4) is 0 Å². The number of para-hydroxylation sites is 1. The number of halogens is 2. The van der Waals surface area contributed by atoms with Crippen LogP contribution in [0.5, 0.6) is 0 Å². The van der Waals surface area contributed by atoms with Gasteiger partial charge in [0.1, 0.15) is 0 Å². The lowest BCUT2D eigenvalue weighted by molar-refractivity contribution is 0.372. The summed E-state index contributed by atoms with van der Waals surface area (Å²) in [6, 6.07) is 19.5. The second kappa shape index (κ2) is 9.19. The topological polar surface area (TPSA) is 24.9 Å². The molecule has 0 atom stereocenters. The van der Waals surface area contributed by atoms with Gasteiger partial charge in [-0.15, -0.1) is 24.8 Å². The number of hydrogen-bond acceptors (Lipinski definition) is 2. The normalized spacial score (nSPS) is 14.6. The summed E-state index contributed by atoms with van der Waals surface area (Å²) in [6.45, 7) is 2.34. The molecule has 0 bridgehead atoms. The predicted octanol–water partition coefficient (Wildman–Crippen LogP) is 5.29. The third-order valence-electron chi connectivity index (χ3n) is 4.86. The average Bonchev–Trinajstić information content (AvgIpc) is 2.63. The molecule has 1 saturated heterocycles. The lowest BCUT2D eigenvalue weighted by atomic mass is 9.90. The highest BCUT2D eigenvalue weighted by Crippen LogP contribution is 2.24. The van der Waals surface area contributed by atoms with Crippen molar-refractivity contribution in [3.63, 3.8) is 0 Å². The fourth-order valence-electron chi connectivity index (χ4n) is 3.48. The van der Waals surface area contributed by atoms with Crippen molar-refractivity contribution in [3.05, 3.63) is 66.4 Å². The Hall–Kier alpha value is -1.61. The molecular formula is C21H24Cl2N2. The van der Waals surface area contributed by atoms with Crippen LogP contribution in [0.15, 0.2) is 60.8 Å². The molecule has 0 saturated carbocycles. The molecule has 0 aliphatic carbocycles. The largest absolute Gasteiger partial charge is 0.317 e. The van der Waals surface area contributed by atoms with E-state index >= 15 is 0 Å². The average molecular weight is 375 g/mol. The number of hydrogen-bond donors (Lipinski definition) is 1. The van der Waals surface area contributed by atoms with Gasteiger partial charge in [0.25, 0.3) is 0 Å². The van der Waals surface area contributed by atoms with Crippen molar-refractivity contribution in [2.75, 3.05) is 13.1 Å². The molecule has 2 nitrogen and oxygen atoms in total. The Kier molecular flexibility index (Phi) is 7.24. The Morgan fingerprint density at radius 3 is 2.36 bits per heavy atom. The molecule has 3 aromatic rings. The van der Waals surface area contributed by atoms with E-state index in [-0.39, 0.29) is 24.8 Å². The maximum Gasteiger partial charge on any atom is 0.0702 e. The number of rotatable bonds is 3. The molecule has 25 heavy (non-hydrogen) atoms. The summed E-state index contributed by atoms with van der Waals surface area (Å²) in [5.74, 6) is 0.837. The fraction of sp³-hybridized carbons (Fsp3) is 0.286. The van der Waals surface area contributed by atoms with Crippen molar-refractivity contribution < 1.29 is 0 Å². The van der Waals surface area contributed by atoms with Crippen molar-refractivity contribution in [3.8, 4) is 11.1 Å². The first-order chi connectivity index (χ1) is 11.4. The van der Waals surface area contributed by atoms with Crippen LogP contribution in [-0.2, 0) is 6.42 Å². The minimum Gasteiger partial charge on any atom is -0.317 e. The summed E-state index contributed by atoms with van der Waals surface area (Å²) >= 11 is 0. The molecule has 0 amide bonds. The van der Waals surface area contributed by atoms with Crippen molar-refractivity contribution >= 4 is 35.7 Å². The van der Waals surface area contributed by atoms with Gasteiger partial charge in [0.05, 0.1) is 5.52 Å². The number of aromatic nitrogens is 1. The zero-order valence-electron chi connectivity index (χ0n) is 14.2. The number of nitrogens with zero attached hydrogens (tertiary/aromatic N) is 1. The van der Waals surface area contributed by atoms with Crippen LogP contribution in [0.1, 0.15) is 18.4 Å². The molecule has 0 spiro atoms. The summed E-state index contributed by atoms with van der Waals surface area (Å²) in [7, 11) is 0. The maximum absolute atomic E-state index is 4.57. The number of piperidine rings is 1. The summed E-state index contributed by atoms with van der Waals surface area (Å²) in [5.41, 5.74) is 4.95. The van der Waals surface area contributed by atoms with Gasteiger partial charge in [0.2, 0.25) is 0 Å². The standard InChI is InChI=1S/C21H22N2.2ClH/c1-2-4-21-19(3-1)14-20(15-23-21)18-7-5-16(6-8-18)13-17-9-11-22-12-10-17;;/h1-8,14-15,17,22H,9-13H2;2*1H. The SMILES string of the molecule is Cl.Cl.c1ccc2ncc(-c3ccc(CC4CCNCC4)cc3)cc2c1. The molecule has 1 fully saturated rings. The lowest BCUT2D eigenvalue weighted by Gasteiger charge is -2.22. The van der Waals surface area contributed by atoms with Crippen LogP contribution in [0.25, 0.3) is 22.0 Å². The Balaban J connectivity index is 0.00000113. The summed E-state index contributed by atoms with van der Waals surface area (Å²) in [5, 5.41) is 4.64. The summed E-state index contributed by atoms with van der Waals surface area (Å²) in [4.78, 5) is 4.57. The second-order valence-electron chi connectivity index (χ2n) is 6.51. The third kappa shape index (κ3) is 4.72. The zero-order valence-corrected chi connectivity index (χ0v) is 15.8. The van der Waals surface area contributed by atoms with E-state index in [1.165, 1.54) is 54.4 Å². The van der Waals surface area contributed by atoms with Crippen LogP contribution >= 0.6 is 24.8 Å². The van der Waals surface area contributed by atoms with E-state index in [4.69, 9.17) is 0 Å². The van der Waals surface area contributed by atoms with E-state index in [0.29, 0.717) is 0 Å². The molecule has 1 aliphatic rings. The highest BCUT2D eigenvalue weighted by atomic mass is 35.5. The summed E-state index contributed by atoms with van der Waals surface area (Å²) in [6.07, 6.45) is 5.79.